The maximum absolute atomic E-state index is 12.3. The SMILES string of the molecule is Cc1ccc(CN2CC3CNCCN3C2=O)cc1C. The standard InChI is InChI=1S/C15H21N3O/c1-11-3-4-13(7-12(11)2)9-17-10-14-8-16-5-6-18(14)15(17)19/h3-4,7,14,16H,5-6,8-10H2,1-2H3. The van der Waals surface area contributed by atoms with Crippen LogP contribution < -0.4 is 5.32 Å². The van der Waals surface area contributed by atoms with E-state index in [2.05, 4.69) is 37.4 Å². The summed E-state index contributed by atoms with van der Waals surface area (Å²) >= 11 is 0. The van der Waals surface area contributed by atoms with Crippen LogP contribution in [0.5, 0.6) is 0 Å². The maximum Gasteiger partial charge on any atom is 0.320 e. The second-order valence-corrected chi connectivity index (χ2v) is 5.63. The molecule has 0 spiro atoms. The molecule has 0 aliphatic carbocycles. The lowest BCUT2D eigenvalue weighted by Crippen LogP contribution is -2.49. The molecule has 19 heavy (non-hydrogen) atoms. The van der Waals surface area contributed by atoms with Crippen LogP contribution in [0.2, 0.25) is 0 Å². The van der Waals surface area contributed by atoms with Crippen molar-refractivity contribution in [2.75, 3.05) is 26.2 Å². The number of amides is 2. The highest BCUT2D eigenvalue weighted by Gasteiger charge is 2.38. The van der Waals surface area contributed by atoms with Crippen LogP contribution in [0.4, 0.5) is 4.79 Å². The van der Waals surface area contributed by atoms with Crippen LogP contribution in [-0.4, -0.2) is 48.1 Å². The van der Waals surface area contributed by atoms with Gasteiger partial charge in [0.05, 0.1) is 6.04 Å². The van der Waals surface area contributed by atoms with Gasteiger partial charge in [0.15, 0.2) is 0 Å². The van der Waals surface area contributed by atoms with Gasteiger partial charge in [-0.2, -0.15) is 0 Å². The first-order valence-corrected chi connectivity index (χ1v) is 6.97. The Morgan fingerprint density at radius 3 is 2.89 bits per heavy atom. The van der Waals surface area contributed by atoms with Gasteiger partial charge in [0, 0.05) is 32.7 Å². The monoisotopic (exact) mass is 259 g/mol. The quantitative estimate of drug-likeness (QED) is 0.874. The Labute approximate surface area is 114 Å². The zero-order valence-corrected chi connectivity index (χ0v) is 11.6. The summed E-state index contributed by atoms with van der Waals surface area (Å²) in [5, 5.41) is 3.36. The van der Waals surface area contributed by atoms with Gasteiger partial charge in [-0.25, -0.2) is 4.79 Å². The van der Waals surface area contributed by atoms with E-state index in [1.165, 1.54) is 16.7 Å². The summed E-state index contributed by atoms with van der Waals surface area (Å²) in [5.74, 6) is 0. The van der Waals surface area contributed by atoms with Gasteiger partial charge in [-0.3, -0.25) is 0 Å². The number of fused-ring (bicyclic) bond motifs is 1. The van der Waals surface area contributed by atoms with Crippen molar-refractivity contribution in [3.8, 4) is 0 Å². The number of nitrogens with zero attached hydrogens (tertiary/aromatic N) is 2. The molecular weight excluding hydrogens is 238 g/mol. The molecule has 2 aliphatic rings. The second-order valence-electron chi connectivity index (χ2n) is 5.63. The van der Waals surface area contributed by atoms with E-state index in [0.29, 0.717) is 6.04 Å². The zero-order valence-electron chi connectivity index (χ0n) is 11.6. The first-order chi connectivity index (χ1) is 9.15. The molecule has 1 aromatic rings. The third kappa shape index (κ3) is 2.32. The molecule has 0 radical (unpaired) electrons. The van der Waals surface area contributed by atoms with Crippen molar-refractivity contribution in [3.63, 3.8) is 0 Å². The molecule has 0 aromatic heterocycles. The lowest BCUT2D eigenvalue weighted by molar-refractivity contribution is 0.178. The molecular formula is C15H21N3O. The molecule has 1 aromatic carbocycles. The molecule has 2 fully saturated rings. The lowest BCUT2D eigenvalue weighted by atomic mass is 10.1. The molecule has 1 unspecified atom stereocenters. The van der Waals surface area contributed by atoms with Gasteiger partial charge in [-0.15, -0.1) is 0 Å². The van der Waals surface area contributed by atoms with Crippen LogP contribution in [0, 0.1) is 13.8 Å². The Balaban J connectivity index is 1.73. The summed E-state index contributed by atoms with van der Waals surface area (Å²) in [6, 6.07) is 7.02. The van der Waals surface area contributed by atoms with E-state index in [0.717, 1.165) is 32.7 Å². The Morgan fingerprint density at radius 2 is 2.16 bits per heavy atom. The average Bonchev–Trinajstić information content (AvgIpc) is 2.72. The van der Waals surface area contributed by atoms with Gasteiger partial charge >= 0.3 is 6.03 Å². The summed E-state index contributed by atoms with van der Waals surface area (Å²) in [4.78, 5) is 16.3. The number of urea groups is 1. The van der Waals surface area contributed by atoms with E-state index in [1.54, 1.807) is 0 Å². The number of carbonyl (C=O) groups excluding carboxylic acids is 1. The van der Waals surface area contributed by atoms with Crippen molar-refractivity contribution < 1.29 is 4.79 Å². The van der Waals surface area contributed by atoms with E-state index in [4.69, 9.17) is 0 Å². The number of aryl methyl sites for hydroxylation is 2. The van der Waals surface area contributed by atoms with Crippen molar-refractivity contribution >= 4 is 6.03 Å². The third-order valence-corrected chi connectivity index (χ3v) is 4.24. The van der Waals surface area contributed by atoms with Crippen LogP contribution in [0.25, 0.3) is 0 Å². The van der Waals surface area contributed by atoms with Crippen LogP contribution in [-0.2, 0) is 6.54 Å². The van der Waals surface area contributed by atoms with Gasteiger partial charge in [-0.1, -0.05) is 18.2 Å². The number of hydrogen-bond acceptors (Lipinski definition) is 2. The number of nitrogens with one attached hydrogen (secondary N) is 1. The van der Waals surface area contributed by atoms with E-state index < -0.39 is 0 Å². The van der Waals surface area contributed by atoms with Crippen LogP contribution >= 0.6 is 0 Å². The Hall–Kier alpha value is -1.55. The smallest absolute Gasteiger partial charge is 0.318 e. The van der Waals surface area contributed by atoms with Gasteiger partial charge < -0.3 is 15.1 Å². The molecule has 102 valence electrons. The number of rotatable bonds is 2. The normalized spacial score (nSPS) is 22.8. The highest BCUT2D eigenvalue weighted by atomic mass is 16.2. The van der Waals surface area contributed by atoms with Gasteiger partial charge in [0.1, 0.15) is 0 Å². The number of hydrogen-bond donors (Lipinski definition) is 1. The van der Waals surface area contributed by atoms with Crippen molar-refractivity contribution in [1.82, 2.24) is 15.1 Å². The molecule has 0 saturated carbocycles. The molecule has 1 N–H and O–H groups in total. The molecule has 2 heterocycles. The summed E-state index contributed by atoms with van der Waals surface area (Å²) < 4.78 is 0. The van der Waals surface area contributed by atoms with Crippen LogP contribution in [0.15, 0.2) is 18.2 Å². The van der Waals surface area contributed by atoms with E-state index in [1.807, 2.05) is 9.80 Å². The van der Waals surface area contributed by atoms with Gasteiger partial charge in [0.2, 0.25) is 0 Å². The third-order valence-electron chi connectivity index (χ3n) is 4.24. The zero-order chi connectivity index (χ0) is 13.4. The minimum atomic E-state index is 0.199. The van der Waals surface area contributed by atoms with Crippen molar-refractivity contribution in [2.24, 2.45) is 0 Å². The fourth-order valence-corrected chi connectivity index (χ4v) is 2.94. The van der Waals surface area contributed by atoms with Crippen LogP contribution in [0.1, 0.15) is 16.7 Å². The van der Waals surface area contributed by atoms with Crippen molar-refractivity contribution in [3.05, 3.63) is 34.9 Å². The molecule has 0 bridgehead atoms. The first kappa shape index (κ1) is 12.5. The van der Waals surface area contributed by atoms with Crippen LogP contribution in [0.3, 0.4) is 0 Å². The molecule has 4 nitrogen and oxygen atoms in total. The van der Waals surface area contributed by atoms with Crippen molar-refractivity contribution in [1.29, 1.82) is 0 Å². The van der Waals surface area contributed by atoms with Crippen molar-refractivity contribution in [2.45, 2.75) is 26.4 Å². The molecule has 2 saturated heterocycles. The minimum Gasteiger partial charge on any atom is -0.318 e. The summed E-state index contributed by atoms with van der Waals surface area (Å²) in [7, 11) is 0. The average molecular weight is 259 g/mol. The predicted molar refractivity (Wildman–Crippen MR) is 75.1 cm³/mol. The largest absolute Gasteiger partial charge is 0.320 e. The van der Waals surface area contributed by atoms with E-state index >= 15 is 0 Å². The Kier molecular flexibility index (Phi) is 3.19. The lowest BCUT2D eigenvalue weighted by Gasteiger charge is -2.28. The fourth-order valence-electron chi connectivity index (χ4n) is 2.94. The summed E-state index contributed by atoms with van der Waals surface area (Å²) in [6.45, 7) is 8.50. The Bertz CT molecular complexity index is 500. The molecule has 2 amide bonds. The Morgan fingerprint density at radius 1 is 1.32 bits per heavy atom. The van der Waals surface area contributed by atoms with E-state index in [9.17, 15) is 4.79 Å². The first-order valence-electron chi connectivity index (χ1n) is 6.97. The highest BCUT2D eigenvalue weighted by molar-refractivity contribution is 5.77. The molecule has 3 rings (SSSR count). The van der Waals surface area contributed by atoms with E-state index in [-0.39, 0.29) is 6.03 Å². The highest BCUT2D eigenvalue weighted by Crippen LogP contribution is 2.20. The predicted octanol–water partition coefficient (Wildman–Crippen LogP) is 1.51. The summed E-state index contributed by atoms with van der Waals surface area (Å²) in [5.41, 5.74) is 3.82. The number of benzene rings is 1. The number of piperazine rings is 1. The maximum atomic E-state index is 12.3. The summed E-state index contributed by atoms with van der Waals surface area (Å²) in [6.07, 6.45) is 0. The minimum absolute atomic E-state index is 0.199. The van der Waals surface area contributed by atoms with Gasteiger partial charge in [-0.05, 0) is 30.5 Å². The second kappa shape index (κ2) is 4.85. The number of carbonyl (C=O) groups is 1. The fraction of sp³-hybridized carbons (Fsp3) is 0.533. The molecule has 2 aliphatic heterocycles. The molecule has 4 heteroatoms. The van der Waals surface area contributed by atoms with Gasteiger partial charge in [0.25, 0.3) is 0 Å². The molecule has 1 atom stereocenters. The topological polar surface area (TPSA) is 35.6 Å².